The van der Waals surface area contributed by atoms with Crippen molar-refractivity contribution in [3.8, 4) is 11.1 Å². The Balaban J connectivity index is 2.00. The molecular formula is C25H23NO6. The summed E-state index contributed by atoms with van der Waals surface area (Å²) in [6.45, 7) is 5.23. The van der Waals surface area contributed by atoms with Crippen molar-refractivity contribution in [1.29, 1.82) is 0 Å². The highest BCUT2D eigenvalue weighted by molar-refractivity contribution is 6.04. The van der Waals surface area contributed by atoms with Crippen molar-refractivity contribution in [2.75, 3.05) is 0 Å². The fraction of sp³-hybridized carbons (Fsp3) is 0.200. The van der Waals surface area contributed by atoms with Crippen LogP contribution in [0.25, 0.3) is 11.1 Å². The van der Waals surface area contributed by atoms with E-state index in [-0.39, 0.29) is 29.0 Å². The number of ether oxygens (including phenoxy) is 2. The molecule has 2 aromatic carbocycles. The number of benzene rings is 2. The first-order valence-electron chi connectivity index (χ1n) is 9.93. The van der Waals surface area contributed by atoms with E-state index in [2.05, 4.69) is 4.98 Å². The Labute approximate surface area is 185 Å². The molecule has 1 N–H and O–H groups in total. The summed E-state index contributed by atoms with van der Waals surface area (Å²) in [5, 5.41) is 9.51. The van der Waals surface area contributed by atoms with Gasteiger partial charge in [0.25, 0.3) is 0 Å². The van der Waals surface area contributed by atoms with Gasteiger partial charge < -0.3 is 14.6 Å². The Morgan fingerprint density at radius 1 is 0.906 bits per heavy atom. The van der Waals surface area contributed by atoms with Crippen LogP contribution in [0.4, 0.5) is 0 Å². The number of esters is 2. The van der Waals surface area contributed by atoms with Crippen LogP contribution in [-0.4, -0.2) is 33.6 Å². The molecular weight excluding hydrogens is 410 g/mol. The summed E-state index contributed by atoms with van der Waals surface area (Å²) in [5.41, 5.74) is 0.552. The minimum atomic E-state index is -1.23. The van der Waals surface area contributed by atoms with E-state index in [4.69, 9.17) is 9.47 Å². The van der Waals surface area contributed by atoms with Crippen LogP contribution in [-0.2, 0) is 16.1 Å². The van der Waals surface area contributed by atoms with Gasteiger partial charge in [0.1, 0.15) is 12.2 Å². The summed E-state index contributed by atoms with van der Waals surface area (Å²) in [7, 11) is 0. The van der Waals surface area contributed by atoms with Gasteiger partial charge in [-0.3, -0.25) is 0 Å². The number of nitrogens with zero attached hydrogens (tertiary/aromatic N) is 1. The van der Waals surface area contributed by atoms with Crippen molar-refractivity contribution in [1.82, 2.24) is 4.98 Å². The van der Waals surface area contributed by atoms with Gasteiger partial charge in [0.05, 0.1) is 11.1 Å². The smallest absolute Gasteiger partial charge is 0.355 e. The maximum Gasteiger partial charge on any atom is 0.355 e. The van der Waals surface area contributed by atoms with Crippen LogP contribution in [0.3, 0.4) is 0 Å². The van der Waals surface area contributed by atoms with Crippen molar-refractivity contribution in [3.63, 3.8) is 0 Å². The molecule has 0 fully saturated rings. The van der Waals surface area contributed by atoms with E-state index in [1.54, 1.807) is 32.9 Å². The summed E-state index contributed by atoms with van der Waals surface area (Å²) < 4.78 is 10.9. The van der Waals surface area contributed by atoms with E-state index < -0.39 is 23.5 Å². The quantitative estimate of drug-likeness (QED) is 0.559. The molecule has 0 unspecified atom stereocenters. The number of carboxylic acid groups (broad SMARTS) is 1. The number of carbonyl (C=O) groups is 3. The maximum absolute atomic E-state index is 12.9. The second-order valence-corrected chi connectivity index (χ2v) is 8.03. The molecule has 0 radical (unpaired) electrons. The summed E-state index contributed by atoms with van der Waals surface area (Å²) in [6, 6.07) is 16.7. The molecule has 1 aromatic heterocycles. The Bertz CT molecular complexity index is 1150. The van der Waals surface area contributed by atoms with Crippen LogP contribution < -0.4 is 0 Å². The van der Waals surface area contributed by atoms with Crippen molar-refractivity contribution >= 4 is 17.9 Å². The van der Waals surface area contributed by atoms with E-state index >= 15 is 0 Å². The predicted molar refractivity (Wildman–Crippen MR) is 117 cm³/mol. The van der Waals surface area contributed by atoms with Crippen molar-refractivity contribution < 1.29 is 29.0 Å². The third-order valence-electron chi connectivity index (χ3n) is 4.39. The van der Waals surface area contributed by atoms with Gasteiger partial charge in [0.2, 0.25) is 0 Å². The molecule has 0 bridgehead atoms. The van der Waals surface area contributed by atoms with Crippen LogP contribution in [0, 0.1) is 0 Å². The van der Waals surface area contributed by atoms with E-state index in [0.29, 0.717) is 5.56 Å². The van der Waals surface area contributed by atoms with Gasteiger partial charge >= 0.3 is 17.9 Å². The number of aromatic carboxylic acids is 1. The minimum Gasteiger partial charge on any atom is -0.476 e. The van der Waals surface area contributed by atoms with Gasteiger partial charge in [-0.25, -0.2) is 19.4 Å². The monoisotopic (exact) mass is 433 g/mol. The number of pyridine rings is 1. The zero-order valence-corrected chi connectivity index (χ0v) is 18.0. The number of carboxylic acids is 1. The molecule has 32 heavy (non-hydrogen) atoms. The first-order valence-corrected chi connectivity index (χ1v) is 9.93. The summed E-state index contributed by atoms with van der Waals surface area (Å²) >= 11 is 0. The molecule has 164 valence electrons. The van der Waals surface area contributed by atoms with Gasteiger partial charge in [0.15, 0.2) is 5.69 Å². The highest BCUT2D eigenvalue weighted by atomic mass is 16.6. The lowest BCUT2D eigenvalue weighted by Gasteiger charge is -2.21. The lowest BCUT2D eigenvalue weighted by molar-refractivity contribution is 0.00701. The molecule has 3 aromatic rings. The Hall–Kier alpha value is -4.00. The molecule has 1 heterocycles. The van der Waals surface area contributed by atoms with Crippen LogP contribution in [0.1, 0.15) is 57.5 Å². The molecule has 0 spiro atoms. The average Bonchev–Trinajstić information content (AvgIpc) is 2.76. The highest BCUT2D eigenvalue weighted by Gasteiger charge is 2.25. The number of aromatic nitrogens is 1. The fourth-order valence-corrected chi connectivity index (χ4v) is 3.01. The highest BCUT2D eigenvalue weighted by Crippen LogP contribution is 2.29. The number of hydrogen-bond donors (Lipinski definition) is 1. The van der Waals surface area contributed by atoms with Crippen molar-refractivity contribution in [2.24, 2.45) is 0 Å². The standard InChI is InChI=1S/C25H23NO6/c1-25(2,3)32-24(30)20-14-17(23(29)31-15-16-8-5-4-6-9-16)11-12-18(20)19-10-7-13-26-21(19)22(27)28/h4-14H,15H2,1-3H3,(H,27,28). The van der Waals surface area contributed by atoms with Gasteiger partial charge in [-0.15, -0.1) is 0 Å². The Morgan fingerprint density at radius 2 is 1.62 bits per heavy atom. The third-order valence-corrected chi connectivity index (χ3v) is 4.39. The lowest BCUT2D eigenvalue weighted by atomic mass is 9.96. The van der Waals surface area contributed by atoms with E-state index in [1.165, 1.54) is 24.4 Å². The molecule has 0 aliphatic rings. The molecule has 3 rings (SSSR count). The molecule has 0 amide bonds. The SMILES string of the molecule is CC(C)(C)OC(=O)c1cc(C(=O)OCc2ccccc2)ccc1-c1cccnc1C(=O)O. The number of hydrogen-bond acceptors (Lipinski definition) is 6. The Kier molecular flexibility index (Phi) is 6.68. The zero-order valence-electron chi connectivity index (χ0n) is 18.0. The molecule has 0 saturated heterocycles. The summed E-state index contributed by atoms with van der Waals surface area (Å²) in [5.74, 6) is -2.54. The average molecular weight is 433 g/mol. The first-order chi connectivity index (χ1) is 15.2. The fourth-order valence-electron chi connectivity index (χ4n) is 3.01. The third kappa shape index (κ3) is 5.57. The van der Waals surface area contributed by atoms with Gasteiger partial charge in [-0.1, -0.05) is 42.5 Å². The molecule has 7 heteroatoms. The van der Waals surface area contributed by atoms with E-state index in [1.807, 2.05) is 30.3 Å². The van der Waals surface area contributed by atoms with Gasteiger partial charge in [-0.2, -0.15) is 0 Å². The van der Waals surface area contributed by atoms with Crippen LogP contribution in [0.2, 0.25) is 0 Å². The number of rotatable bonds is 6. The van der Waals surface area contributed by atoms with E-state index in [9.17, 15) is 19.5 Å². The maximum atomic E-state index is 12.9. The van der Waals surface area contributed by atoms with Gasteiger partial charge in [0, 0.05) is 11.8 Å². The normalized spacial score (nSPS) is 11.0. The molecule has 0 atom stereocenters. The topological polar surface area (TPSA) is 103 Å². The van der Waals surface area contributed by atoms with E-state index in [0.717, 1.165) is 5.56 Å². The molecule has 0 aliphatic carbocycles. The lowest BCUT2D eigenvalue weighted by Crippen LogP contribution is -2.24. The molecule has 0 aliphatic heterocycles. The zero-order chi connectivity index (χ0) is 23.3. The molecule has 0 saturated carbocycles. The minimum absolute atomic E-state index is 0.0459. The van der Waals surface area contributed by atoms with Crippen LogP contribution >= 0.6 is 0 Å². The summed E-state index contributed by atoms with van der Waals surface area (Å²) in [6.07, 6.45) is 1.36. The largest absolute Gasteiger partial charge is 0.476 e. The summed E-state index contributed by atoms with van der Waals surface area (Å²) in [4.78, 5) is 41.1. The second kappa shape index (κ2) is 9.43. The van der Waals surface area contributed by atoms with Crippen LogP contribution in [0.5, 0.6) is 0 Å². The Morgan fingerprint density at radius 3 is 2.28 bits per heavy atom. The van der Waals surface area contributed by atoms with Crippen molar-refractivity contribution in [2.45, 2.75) is 33.0 Å². The second-order valence-electron chi connectivity index (χ2n) is 8.03. The molecule has 7 nitrogen and oxygen atoms in total. The van der Waals surface area contributed by atoms with Crippen LogP contribution in [0.15, 0.2) is 66.9 Å². The van der Waals surface area contributed by atoms with Gasteiger partial charge in [-0.05, 0) is 50.1 Å². The number of carbonyl (C=O) groups excluding carboxylic acids is 2. The first kappa shape index (κ1) is 22.7. The van der Waals surface area contributed by atoms with Crippen molar-refractivity contribution in [3.05, 3.63) is 89.2 Å². The predicted octanol–water partition coefficient (Wildman–Crippen LogP) is 4.76.